The van der Waals surface area contributed by atoms with Crippen LogP contribution in [0, 0.1) is 5.92 Å². The van der Waals surface area contributed by atoms with Crippen LogP contribution >= 0.6 is 15.9 Å². The van der Waals surface area contributed by atoms with Crippen LogP contribution in [0.5, 0.6) is 0 Å². The van der Waals surface area contributed by atoms with E-state index in [9.17, 15) is 13.2 Å². The molecule has 1 aliphatic rings. The van der Waals surface area contributed by atoms with Gasteiger partial charge in [0.15, 0.2) is 15.6 Å². The van der Waals surface area contributed by atoms with Crippen LogP contribution in [-0.4, -0.2) is 33.2 Å². The SMILES string of the molecule is O=C(CS(=O)(=O)c1ccc(Br)cc1)C1CCOC1. The largest absolute Gasteiger partial charge is 0.381 e. The van der Waals surface area contributed by atoms with E-state index in [-0.39, 0.29) is 16.6 Å². The molecule has 0 saturated carbocycles. The van der Waals surface area contributed by atoms with Gasteiger partial charge < -0.3 is 4.74 Å². The molecule has 18 heavy (non-hydrogen) atoms. The first-order valence-corrected chi connectivity index (χ1v) is 8.02. The lowest BCUT2D eigenvalue weighted by Gasteiger charge is -2.07. The lowest BCUT2D eigenvalue weighted by atomic mass is 10.1. The van der Waals surface area contributed by atoms with Crippen LogP contribution in [0.4, 0.5) is 0 Å². The lowest BCUT2D eigenvalue weighted by molar-refractivity contribution is -0.120. The summed E-state index contributed by atoms with van der Waals surface area (Å²) in [5.74, 6) is -0.964. The zero-order valence-corrected chi connectivity index (χ0v) is 12.0. The molecule has 0 amide bonds. The first-order chi connectivity index (χ1) is 8.49. The van der Waals surface area contributed by atoms with Crippen LogP contribution in [0.25, 0.3) is 0 Å². The Morgan fingerprint density at radius 1 is 1.33 bits per heavy atom. The third-order valence-electron chi connectivity index (χ3n) is 2.89. The summed E-state index contributed by atoms with van der Waals surface area (Å²) in [5.41, 5.74) is 0. The van der Waals surface area contributed by atoms with Crippen LogP contribution < -0.4 is 0 Å². The molecule has 98 valence electrons. The third-order valence-corrected chi connectivity index (χ3v) is 5.07. The van der Waals surface area contributed by atoms with Crippen LogP contribution in [0.15, 0.2) is 33.6 Å². The summed E-state index contributed by atoms with van der Waals surface area (Å²) in [6, 6.07) is 6.29. The molecule has 0 aromatic heterocycles. The zero-order chi connectivity index (χ0) is 13.2. The van der Waals surface area contributed by atoms with Gasteiger partial charge in [-0.1, -0.05) is 15.9 Å². The van der Waals surface area contributed by atoms with Crippen molar-refractivity contribution < 1.29 is 17.9 Å². The van der Waals surface area contributed by atoms with E-state index in [0.29, 0.717) is 19.6 Å². The van der Waals surface area contributed by atoms with E-state index < -0.39 is 15.6 Å². The van der Waals surface area contributed by atoms with Gasteiger partial charge in [-0.2, -0.15) is 0 Å². The molecule has 1 fully saturated rings. The van der Waals surface area contributed by atoms with Gasteiger partial charge in [-0.05, 0) is 30.7 Å². The van der Waals surface area contributed by atoms with E-state index in [1.807, 2.05) is 0 Å². The molecule has 6 heteroatoms. The van der Waals surface area contributed by atoms with Gasteiger partial charge in [0, 0.05) is 17.0 Å². The Balaban J connectivity index is 2.11. The Hall–Kier alpha value is -0.720. The first kappa shape index (κ1) is 13.7. The Labute approximate surface area is 114 Å². The Morgan fingerprint density at radius 3 is 2.56 bits per heavy atom. The average Bonchev–Trinajstić information content (AvgIpc) is 2.82. The zero-order valence-electron chi connectivity index (χ0n) is 9.63. The summed E-state index contributed by atoms with van der Waals surface area (Å²) in [6.07, 6.45) is 0.620. The van der Waals surface area contributed by atoms with Crippen molar-refractivity contribution in [3.63, 3.8) is 0 Å². The molecule has 0 N–H and O–H groups in total. The molecule has 1 atom stereocenters. The van der Waals surface area contributed by atoms with Crippen molar-refractivity contribution in [2.24, 2.45) is 5.92 Å². The number of rotatable bonds is 4. The maximum atomic E-state index is 12.0. The monoisotopic (exact) mass is 332 g/mol. The van der Waals surface area contributed by atoms with Crippen LogP contribution in [0.3, 0.4) is 0 Å². The second kappa shape index (κ2) is 5.50. The summed E-state index contributed by atoms with van der Waals surface area (Å²) in [6.45, 7) is 0.878. The molecular formula is C12H13BrO4S. The molecule has 0 bridgehead atoms. The van der Waals surface area contributed by atoms with E-state index in [1.165, 1.54) is 12.1 Å². The fourth-order valence-electron chi connectivity index (χ4n) is 1.82. The molecule has 1 heterocycles. The van der Waals surface area contributed by atoms with Crippen LogP contribution in [0.1, 0.15) is 6.42 Å². The van der Waals surface area contributed by atoms with Crippen LogP contribution in [0.2, 0.25) is 0 Å². The standard InChI is InChI=1S/C12H13BrO4S/c13-10-1-3-11(4-2-10)18(15,16)8-12(14)9-5-6-17-7-9/h1-4,9H,5-8H2. The molecule has 1 saturated heterocycles. The molecule has 0 radical (unpaired) electrons. The van der Waals surface area contributed by atoms with Crippen molar-refractivity contribution >= 4 is 31.6 Å². The summed E-state index contributed by atoms with van der Waals surface area (Å²) in [4.78, 5) is 12.0. The number of ketones is 1. The highest BCUT2D eigenvalue weighted by atomic mass is 79.9. The number of carbonyl (C=O) groups is 1. The maximum absolute atomic E-state index is 12.0. The minimum absolute atomic E-state index is 0.179. The lowest BCUT2D eigenvalue weighted by Crippen LogP contribution is -2.24. The fraction of sp³-hybridized carbons (Fsp3) is 0.417. The predicted molar refractivity (Wildman–Crippen MR) is 70.1 cm³/mol. The van der Waals surface area contributed by atoms with E-state index in [1.54, 1.807) is 12.1 Å². The maximum Gasteiger partial charge on any atom is 0.185 e. The van der Waals surface area contributed by atoms with Gasteiger partial charge in [0.2, 0.25) is 0 Å². The highest BCUT2D eigenvalue weighted by molar-refractivity contribution is 9.10. The molecule has 4 nitrogen and oxygen atoms in total. The van der Waals surface area contributed by atoms with E-state index in [2.05, 4.69) is 15.9 Å². The molecule has 0 aliphatic carbocycles. The van der Waals surface area contributed by atoms with Crippen molar-refractivity contribution in [1.82, 2.24) is 0 Å². The van der Waals surface area contributed by atoms with Gasteiger partial charge >= 0.3 is 0 Å². The summed E-state index contributed by atoms with van der Waals surface area (Å²) >= 11 is 3.24. The number of halogens is 1. The Kier molecular flexibility index (Phi) is 4.19. The smallest absolute Gasteiger partial charge is 0.185 e. The van der Waals surface area contributed by atoms with Crippen molar-refractivity contribution in [2.75, 3.05) is 19.0 Å². The van der Waals surface area contributed by atoms with Crippen LogP contribution in [-0.2, 0) is 19.4 Å². The molecule has 0 spiro atoms. The molecular weight excluding hydrogens is 320 g/mol. The molecule has 1 aromatic rings. The number of carbonyl (C=O) groups excluding carboxylic acids is 1. The number of hydrogen-bond acceptors (Lipinski definition) is 4. The summed E-state index contributed by atoms with van der Waals surface area (Å²) < 4.78 is 30.0. The number of hydrogen-bond donors (Lipinski definition) is 0. The second-order valence-electron chi connectivity index (χ2n) is 4.24. The highest BCUT2D eigenvalue weighted by Gasteiger charge is 2.28. The first-order valence-electron chi connectivity index (χ1n) is 5.58. The highest BCUT2D eigenvalue weighted by Crippen LogP contribution is 2.19. The van der Waals surface area contributed by atoms with Crippen molar-refractivity contribution in [2.45, 2.75) is 11.3 Å². The van der Waals surface area contributed by atoms with Gasteiger partial charge in [-0.3, -0.25) is 4.79 Å². The molecule has 1 aromatic carbocycles. The minimum atomic E-state index is -3.54. The van der Waals surface area contributed by atoms with Crippen molar-refractivity contribution in [3.05, 3.63) is 28.7 Å². The average molecular weight is 333 g/mol. The van der Waals surface area contributed by atoms with E-state index in [4.69, 9.17) is 4.74 Å². The Morgan fingerprint density at radius 2 is 2.00 bits per heavy atom. The number of sulfone groups is 1. The molecule has 1 aliphatic heterocycles. The van der Waals surface area contributed by atoms with E-state index >= 15 is 0 Å². The van der Waals surface area contributed by atoms with E-state index in [0.717, 1.165) is 4.47 Å². The number of benzene rings is 1. The fourth-order valence-corrected chi connectivity index (χ4v) is 3.41. The molecule has 2 rings (SSSR count). The predicted octanol–water partition coefficient (Wildman–Crippen LogP) is 1.83. The van der Waals surface area contributed by atoms with Crippen molar-refractivity contribution in [3.8, 4) is 0 Å². The van der Waals surface area contributed by atoms with Gasteiger partial charge in [-0.25, -0.2) is 8.42 Å². The topological polar surface area (TPSA) is 60.4 Å². The normalized spacial score (nSPS) is 19.9. The Bertz CT molecular complexity index is 530. The van der Waals surface area contributed by atoms with Gasteiger partial charge in [-0.15, -0.1) is 0 Å². The molecule has 1 unspecified atom stereocenters. The van der Waals surface area contributed by atoms with Gasteiger partial charge in [0.05, 0.1) is 11.5 Å². The number of ether oxygens (including phenoxy) is 1. The minimum Gasteiger partial charge on any atom is -0.381 e. The summed E-state index contributed by atoms with van der Waals surface area (Å²) in [5, 5.41) is 0. The second-order valence-corrected chi connectivity index (χ2v) is 7.15. The number of Topliss-reactive ketones (excluding diaryl/α,β-unsaturated/α-hetero) is 1. The van der Waals surface area contributed by atoms with Gasteiger partial charge in [0.1, 0.15) is 5.75 Å². The van der Waals surface area contributed by atoms with Crippen molar-refractivity contribution in [1.29, 1.82) is 0 Å². The third kappa shape index (κ3) is 3.18. The summed E-state index contributed by atoms with van der Waals surface area (Å²) in [7, 11) is -3.54. The van der Waals surface area contributed by atoms with Gasteiger partial charge in [0.25, 0.3) is 0 Å². The quantitative estimate of drug-likeness (QED) is 0.843.